The molecule has 3 heteroatoms. The molecule has 0 radical (unpaired) electrons. The van der Waals surface area contributed by atoms with E-state index in [1.807, 2.05) is 6.07 Å². The van der Waals surface area contributed by atoms with Gasteiger partial charge in [-0.25, -0.2) is 0 Å². The summed E-state index contributed by atoms with van der Waals surface area (Å²) in [6.07, 6.45) is 1.23. The van der Waals surface area contributed by atoms with E-state index in [-0.39, 0.29) is 0 Å². The molecule has 0 aromatic heterocycles. The average molecular weight is 309 g/mol. The second-order valence-corrected chi connectivity index (χ2v) is 7.21. The maximum atomic E-state index is 6.14. The van der Waals surface area contributed by atoms with Crippen molar-refractivity contribution in [3.05, 3.63) is 34.9 Å². The summed E-state index contributed by atoms with van der Waals surface area (Å²) in [6, 6.07) is 9.49. The molecule has 1 aromatic rings. The molecule has 1 fully saturated rings. The number of hydrogen-bond donors (Lipinski definition) is 1. The molecule has 3 unspecified atom stereocenters. The van der Waals surface area contributed by atoms with E-state index >= 15 is 0 Å². The highest BCUT2D eigenvalue weighted by atomic mass is 35.5. The van der Waals surface area contributed by atoms with E-state index in [0.29, 0.717) is 23.9 Å². The number of nitrogens with one attached hydrogen (secondary N) is 1. The van der Waals surface area contributed by atoms with Gasteiger partial charge in [0.25, 0.3) is 0 Å². The van der Waals surface area contributed by atoms with Crippen molar-refractivity contribution in [2.45, 2.75) is 52.7 Å². The predicted octanol–water partition coefficient (Wildman–Crippen LogP) is 4.18. The summed E-state index contributed by atoms with van der Waals surface area (Å²) in [6.45, 7) is 12.5. The number of hydrogen-bond acceptors (Lipinski definition) is 2. The molecule has 1 aromatic carbocycles. The van der Waals surface area contributed by atoms with Gasteiger partial charge in [0.05, 0.1) is 0 Å². The molecule has 0 saturated carbocycles. The number of halogens is 1. The monoisotopic (exact) mass is 308 g/mol. The van der Waals surface area contributed by atoms with E-state index in [2.05, 4.69) is 56.1 Å². The van der Waals surface area contributed by atoms with E-state index in [0.717, 1.165) is 24.7 Å². The fraction of sp³-hybridized carbons (Fsp3) is 0.667. The van der Waals surface area contributed by atoms with Crippen LogP contribution < -0.4 is 5.32 Å². The molecule has 1 aliphatic heterocycles. The Bertz CT molecular complexity index is 447. The van der Waals surface area contributed by atoms with Crippen LogP contribution in [0.5, 0.6) is 0 Å². The highest BCUT2D eigenvalue weighted by Gasteiger charge is 2.31. The van der Waals surface area contributed by atoms with Gasteiger partial charge in [-0.2, -0.15) is 0 Å². The van der Waals surface area contributed by atoms with Crippen molar-refractivity contribution in [1.29, 1.82) is 0 Å². The van der Waals surface area contributed by atoms with Crippen LogP contribution in [0.4, 0.5) is 0 Å². The number of nitrogens with zero attached hydrogens (tertiary/aromatic N) is 1. The van der Waals surface area contributed by atoms with E-state index in [1.165, 1.54) is 12.0 Å². The molecule has 21 heavy (non-hydrogen) atoms. The Balaban J connectivity index is 2.12. The first-order chi connectivity index (χ1) is 10.0. The first kappa shape index (κ1) is 16.8. The van der Waals surface area contributed by atoms with Crippen molar-refractivity contribution in [2.75, 3.05) is 13.1 Å². The lowest BCUT2D eigenvalue weighted by molar-refractivity contribution is 0.0722. The lowest BCUT2D eigenvalue weighted by atomic mass is 9.91. The second kappa shape index (κ2) is 7.62. The molecule has 0 amide bonds. The first-order valence-electron chi connectivity index (χ1n) is 8.23. The van der Waals surface area contributed by atoms with E-state index in [4.69, 9.17) is 11.6 Å². The van der Waals surface area contributed by atoms with Crippen molar-refractivity contribution >= 4 is 11.6 Å². The summed E-state index contributed by atoms with van der Waals surface area (Å²) in [5.74, 6) is 1.38. The van der Waals surface area contributed by atoms with Crippen LogP contribution in [0.3, 0.4) is 0 Å². The van der Waals surface area contributed by atoms with Gasteiger partial charge in [-0.15, -0.1) is 0 Å². The largest absolute Gasteiger partial charge is 0.311 e. The zero-order valence-corrected chi connectivity index (χ0v) is 14.5. The topological polar surface area (TPSA) is 15.3 Å². The summed E-state index contributed by atoms with van der Waals surface area (Å²) in [7, 11) is 0. The highest BCUT2D eigenvalue weighted by Crippen LogP contribution is 2.23. The number of piperazine rings is 1. The van der Waals surface area contributed by atoms with Crippen molar-refractivity contribution in [3.63, 3.8) is 0 Å². The molecular formula is C18H29ClN2. The smallest absolute Gasteiger partial charge is 0.0409 e. The quantitative estimate of drug-likeness (QED) is 0.877. The molecule has 2 rings (SSSR count). The van der Waals surface area contributed by atoms with Gasteiger partial charge < -0.3 is 5.32 Å². The van der Waals surface area contributed by atoms with Crippen molar-refractivity contribution in [1.82, 2.24) is 10.2 Å². The zero-order valence-electron chi connectivity index (χ0n) is 13.8. The fourth-order valence-corrected chi connectivity index (χ4v) is 3.40. The van der Waals surface area contributed by atoms with Crippen LogP contribution in [0.25, 0.3) is 0 Å². The Morgan fingerprint density at radius 3 is 2.71 bits per heavy atom. The predicted molar refractivity (Wildman–Crippen MR) is 91.7 cm³/mol. The van der Waals surface area contributed by atoms with Crippen LogP contribution in [0.15, 0.2) is 24.3 Å². The Labute approximate surface area is 134 Å². The lowest BCUT2D eigenvalue weighted by Crippen LogP contribution is -2.59. The van der Waals surface area contributed by atoms with E-state index in [1.54, 1.807) is 0 Å². The summed E-state index contributed by atoms with van der Waals surface area (Å²) in [5.41, 5.74) is 1.32. The van der Waals surface area contributed by atoms with Crippen LogP contribution in [0.2, 0.25) is 5.02 Å². The van der Waals surface area contributed by atoms with Crippen molar-refractivity contribution < 1.29 is 0 Å². The summed E-state index contributed by atoms with van der Waals surface area (Å²) >= 11 is 6.14. The molecule has 0 aliphatic carbocycles. The van der Waals surface area contributed by atoms with Gasteiger partial charge >= 0.3 is 0 Å². The Morgan fingerprint density at radius 2 is 2.10 bits per heavy atom. The van der Waals surface area contributed by atoms with Gasteiger partial charge in [-0.05, 0) is 29.5 Å². The molecule has 0 spiro atoms. The molecule has 1 heterocycles. The molecule has 1 aliphatic rings. The van der Waals surface area contributed by atoms with E-state index in [9.17, 15) is 0 Å². The van der Waals surface area contributed by atoms with Gasteiger partial charge in [0.2, 0.25) is 0 Å². The van der Waals surface area contributed by atoms with Gasteiger partial charge in [0, 0.05) is 36.7 Å². The second-order valence-electron chi connectivity index (χ2n) is 6.77. The van der Waals surface area contributed by atoms with Gasteiger partial charge in [-0.3, -0.25) is 4.90 Å². The molecular weight excluding hydrogens is 280 g/mol. The first-order valence-corrected chi connectivity index (χ1v) is 8.61. The Morgan fingerprint density at radius 1 is 1.33 bits per heavy atom. The van der Waals surface area contributed by atoms with Crippen LogP contribution >= 0.6 is 11.6 Å². The van der Waals surface area contributed by atoms with Crippen LogP contribution in [0, 0.1) is 11.8 Å². The average Bonchev–Trinajstić information content (AvgIpc) is 2.46. The minimum Gasteiger partial charge on any atom is -0.311 e. The third kappa shape index (κ3) is 4.45. The van der Waals surface area contributed by atoms with Gasteiger partial charge in [0.15, 0.2) is 0 Å². The maximum absolute atomic E-state index is 6.14. The fourth-order valence-electron chi connectivity index (χ4n) is 3.19. The molecule has 3 atom stereocenters. The minimum atomic E-state index is 0.587. The van der Waals surface area contributed by atoms with Crippen molar-refractivity contribution in [2.24, 2.45) is 11.8 Å². The Kier molecular flexibility index (Phi) is 6.09. The SMILES string of the molecule is CCC(C)C1CNC(C(C)C)CN1Cc1cccc(Cl)c1. The maximum Gasteiger partial charge on any atom is 0.0409 e. The normalized spacial score (nSPS) is 25.2. The minimum absolute atomic E-state index is 0.587. The van der Waals surface area contributed by atoms with Crippen molar-refractivity contribution in [3.8, 4) is 0 Å². The zero-order chi connectivity index (χ0) is 15.4. The molecule has 2 nitrogen and oxygen atoms in total. The van der Waals surface area contributed by atoms with E-state index < -0.39 is 0 Å². The third-order valence-electron chi connectivity index (χ3n) is 4.87. The van der Waals surface area contributed by atoms with Crippen LogP contribution in [-0.2, 0) is 6.54 Å². The number of rotatable bonds is 5. The highest BCUT2D eigenvalue weighted by molar-refractivity contribution is 6.30. The number of benzene rings is 1. The molecule has 0 bridgehead atoms. The lowest BCUT2D eigenvalue weighted by Gasteiger charge is -2.44. The summed E-state index contributed by atoms with van der Waals surface area (Å²) in [4.78, 5) is 2.65. The van der Waals surface area contributed by atoms with Gasteiger partial charge in [0.1, 0.15) is 0 Å². The summed E-state index contributed by atoms with van der Waals surface area (Å²) < 4.78 is 0. The summed E-state index contributed by atoms with van der Waals surface area (Å²) in [5, 5.41) is 4.58. The van der Waals surface area contributed by atoms with Gasteiger partial charge in [-0.1, -0.05) is 57.8 Å². The third-order valence-corrected chi connectivity index (χ3v) is 5.10. The standard InChI is InChI=1S/C18H29ClN2/c1-5-14(4)18-10-20-17(13(2)3)12-21(18)11-15-7-6-8-16(19)9-15/h6-9,13-14,17-18,20H,5,10-12H2,1-4H3. The molecule has 1 N–H and O–H groups in total. The van der Waals surface area contributed by atoms with Crippen LogP contribution in [0.1, 0.15) is 39.7 Å². The Hall–Kier alpha value is -0.570. The molecule has 1 saturated heterocycles. The molecule has 118 valence electrons. The van der Waals surface area contributed by atoms with Crippen LogP contribution in [-0.4, -0.2) is 30.1 Å².